The summed E-state index contributed by atoms with van der Waals surface area (Å²) in [5, 5.41) is 17.7. The van der Waals surface area contributed by atoms with Crippen LogP contribution in [0.5, 0.6) is 5.75 Å². The molecule has 3 rings (SSSR count). The van der Waals surface area contributed by atoms with Gasteiger partial charge in [0.2, 0.25) is 0 Å². The molecule has 0 saturated heterocycles. The molecule has 0 fully saturated rings. The first-order chi connectivity index (χ1) is 14.6. The lowest BCUT2D eigenvalue weighted by Crippen LogP contribution is -2.45. The van der Waals surface area contributed by atoms with Gasteiger partial charge in [-0.25, -0.2) is 9.59 Å². The number of nitro benzene ring substituents is 1. The number of rotatable bonds is 6. The summed E-state index contributed by atoms with van der Waals surface area (Å²) < 4.78 is 10.6. The van der Waals surface area contributed by atoms with Gasteiger partial charge in [-0.3, -0.25) is 15.4 Å². The van der Waals surface area contributed by atoms with Gasteiger partial charge < -0.3 is 14.8 Å². The lowest BCUT2D eigenvalue weighted by atomic mass is 10.00. The maximum absolute atomic E-state index is 12.8. The Hall–Kier alpha value is -3.88. The Balaban J connectivity index is 1.77. The van der Waals surface area contributed by atoms with E-state index in [4.69, 9.17) is 9.47 Å². The highest BCUT2D eigenvalue weighted by molar-refractivity contribution is 5.87. The quantitative estimate of drug-likeness (QED) is 0.323. The zero-order valence-corrected chi connectivity index (χ0v) is 17.3. The van der Waals surface area contributed by atoms with Crippen LogP contribution in [0.1, 0.15) is 32.8 Å². The molecule has 1 N–H and O–H groups in total. The van der Waals surface area contributed by atoms with E-state index in [2.05, 4.69) is 10.6 Å². The number of alkyl carbamates (subject to hydrolysis) is 1. The van der Waals surface area contributed by atoms with Crippen LogP contribution in [0.4, 0.5) is 16.2 Å². The van der Waals surface area contributed by atoms with Gasteiger partial charge in [-0.15, -0.1) is 0 Å². The molecule has 9 heteroatoms. The van der Waals surface area contributed by atoms with E-state index < -0.39 is 28.6 Å². The number of nitrogens with zero attached hydrogens (tertiary/aromatic N) is 2. The molecule has 0 aromatic heterocycles. The molecule has 1 heterocycles. The van der Waals surface area contributed by atoms with Crippen molar-refractivity contribution in [1.29, 1.82) is 0 Å². The summed E-state index contributed by atoms with van der Waals surface area (Å²) in [4.78, 5) is 35.4. The zero-order chi connectivity index (χ0) is 22.6. The molecule has 161 valence electrons. The molecule has 0 saturated carbocycles. The average Bonchev–Trinajstić information content (AvgIpc) is 3.09. The predicted molar refractivity (Wildman–Crippen MR) is 113 cm³/mol. The second-order valence-corrected chi connectivity index (χ2v) is 7.88. The minimum atomic E-state index is -1.06. The smallest absolute Gasteiger partial charge is 0.408 e. The number of ether oxygens (including phenoxy) is 2. The summed E-state index contributed by atoms with van der Waals surface area (Å²) in [7, 11) is 0. The van der Waals surface area contributed by atoms with Gasteiger partial charge in [-0.1, -0.05) is 18.2 Å². The third-order valence-corrected chi connectivity index (χ3v) is 4.27. The Morgan fingerprint density at radius 1 is 1.13 bits per heavy atom. The van der Waals surface area contributed by atoms with Crippen LogP contribution in [0.15, 0.2) is 54.7 Å². The number of carbonyl (C=O) groups excluding carboxylic acids is 2. The van der Waals surface area contributed by atoms with E-state index in [0.717, 1.165) is 16.8 Å². The van der Waals surface area contributed by atoms with E-state index in [0.29, 0.717) is 0 Å². The molecule has 9 nitrogen and oxygen atoms in total. The van der Waals surface area contributed by atoms with Crippen molar-refractivity contribution in [2.24, 2.45) is 0 Å². The van der Waals surface area contributed by atoms with Crippen LogP contribution in [-0.2, 0) is 9.53 Å². The summed E-state index contributed by atoms with van der Waals surface area (Å²) in [5.41, 5.74) is 1.53. The molecule has 0 aliphatic carbocycles. The monoisotopic (exact) mass is 424 g/mol. The Bertz CT molecular complexity index is 1020. The molecule has 31 heavy (non-hydrogen) atoms. The fraction of sp³-hybridized carbons (Fsp3) is 0.273. The van der Waals surface area contributed by atoms with Crippen molar-refractivity contribution in [3.8, 4) is 5.75 Å². The molecular formula is C22H22N3O6. The summed E-state index contributed by atoms with van der Waals surface area (Å²) in [6, 6.07) is 11.5. The van der Waals surface area contributed by atoms with E-state index in [1.54, 1.807) is 27.0 Å². The van der Waals surface area contributed by atoms with E-state index in [1.807, 2.05) is 24.3 Å². The maximum atomic E-state index is 12.8. The Labute approximate surface area is 179 Å². The fourth-order valence-electron chi connectivity index (χ4n) is 2.92. The number of hydrogen-bond donors (Lipinski definition) is 1. The molecular weight excluding hydrogens is 402 g/mol. The van der Waals surface area contributed by atoms with E-state index >= 15 is 0 Å². The predicted octanol–water partition coefficient (Wildman–Crippen LogP) is 4.07. The number of fused-ring (bicyclic) bond motifs is 1. The fourth-order valence-corrected chi connectivity index (χ4v) is 2.92. The average molecular weight is 424 g/mol. The minimum Gasteiger partial charge on any atom is -0.444 e. The molecule has 1 amide bonds. The largest absolute Gasteiger partial charge is 0.444 e. The summed E-state index contributed by atoms with van der Waals surface area (Å²) >= 11 is 0. The molecule has 1 radical (unpaired) electrons. The molecule has 1 aliphatic heterocycles. The molecule has 1 atom stereocenters. The van der Waals surface area contributed by atoms with Gasteiger partial charge in [0.25, 0.3) is 5.69 Å². The lowest BCUT2D eigenvalue weighted by Gasteiger charge is -2.23. The second kappa shape index (κ2) is 8.86. The highest BCUT2D eigenvalue weighted by atomic mass is 16.6. The van der Waals surface area contributed by atoms with Crippen molar-refractivity contribution in [2.45, 2.75) is 38.8 Å². The highest BCUT2D eigenvalue weighted by Gasteiger charge is 2.29. The summed E-state index contributed by atoms with van der Waals surface area (Å²) in [5.74, 6) is -0.609. The van der Waals surface area contributed by atoms with Crippen LogP contribution < -0.4 is 15.4 Å². The van der Waals surface area contributed by atoms with Crippen molar-refractivity contribution in [1.82, 2.24) is 10.6 Å². The third-order valence-electron chi connectivity index (χ3n) is 4.27. The first-order valence-corrected chi connectivity index (χ1v) is 9.57. The number of hydrogen-bond acceptors (Lipinski definition) is 6. The SMILES string of the molecule is CC(C)(C)OC(=O)N[C@H](CC1=C[N]c2ccccc21)C(=O)Oc1ccc([N+](=O)[O-])cc1. The normalized spacial score (nSPS) is 13.3. The zero-order valence-electron chi connectivity index (χ0n) is 17.3. The van der Waals surface area contributed by atoms with Crippen LogP contribution in [0.25, 0.3) is 5.57 Å². The van der Waals surface area contributed by atoms with E-state index in [1.165, 1.54) is 24.3 Å². The number of benzene rings is 2. The number of amides is 1. The maximum Gasteiger partial charge on any atom is 0.408 e. The highest BCUT2D eigenvalue weighted by Crippen LogP contribution is 2.33. The minimum absolute atomic E-state index is 0.122. The van der Waals surface area contributed by atoms with Crippen molar-refractivity contribution >= 4 is 29.0 Å². The summed E-state index contributed by atoms with van der Waals surface area (Å²) in [6.45, 7) is 5.14. The number of non-ortho nitro benzene ring substituents is 1. The van der Waals surface area contributed by atoms with Crippen LogP contribution in [0.2, 0.25) is 0 Å². The van der Waals surface area contributed by atoms with Crippen molar-refractivity contribution in [2.75, 3.05) is 0 Å². The first kappa shape index (κ1) is 21.8. The van der Waals surface area contributed by atoms with Crippen LogP contribution in [-0.4, -0.2) is 28.6 Å². The van der Waals surface area contributed by atoms with Crippen LogP contribution in [0, 0.1) is 10.1 Å². The van der Waals surface area contributed by atoms with Gasteiger partial charge in [-0.05, 0) is 44.5 Å². The van der Waals surface area contributed by atoms with Crippen molar-refractivity contribution in [3.63, 3.8) is 0 Å². The number of nitrogens with one attached hydrogen (secondary N) is 1. The first-order valence-electron chi connectivity index (χ1n) is 9.57. The molecule has 0 bridgehead atoms. The van der Waals surface area contributed by atoms with Gasteiger partial charge in [-0.2, -0.15) is 0 Å². The van der Waals surface area contributed by atoms with Gasteiger partial charge >= 0.3 is 12.1 Å². The van der Waals surface area contributed by atoms with Crippen molar-refractivity contribution < 1.29 is 24.0 Å². The molecule has 0 unspecified atom stereocenters. The van der Waals surface area contributed by atoms with Crippen LogP contribution in [0.3, 0.4) is 0 Å². The lowest BCUT2D eigenvalue weighted by molar-refractivity contribution is -0.384. The molecule has 2 aromatic carbocycles. The second-order valence-electron chi connectivity index (χ2n) is 7.88. The standard InChI is InChI=1S/C22H22N3O6/c1-22(2,3)31-21(27)24-19(12-14-13-23-18-7-5-4-6-17(14)18)20(26)30-16-10-8-15(9-11-16)25(28)29/h4-11,13,19H,12H2,1-3H3,(H,24,27)/t19-/m1/s1. The number of carbonyl (C=O) groups is 2. The molecule has 0 spiro atoms. The Morgan fingerprint density at radius 3 is 2.45 bits per heavy atom. The Morgan fingerprint density at radius 2 is 1.81 bits per heavy atom. The van der Waals surface area contributed by atoms with E-state index in [-0.39, 0.29) is 17.9 Å². The Kier molecular flexibility index (Phi) is 6.24. The van der Waals surface area contributed by atoms with Crippen LogP contribution >= 0.6 is 0 Å². The third kappa shape index (κ3) is 5.81. The topological polar surface area (TPSA) is 122 Å². The van der Waals surface area contributed by atoms with Gasteiger partial charge in [0, 0.05) is 30.3 Å². The van der Waals surface area contributed by atoms with Gasteiger partial charge in [0.15, 0.2) is 0 Å². The molecule has 2 aromatic rings. The summed E-state index contributed by atoms with van der Waals surface area (Å²) in [6.07, 6.45) is 1.01. The number of para-hydroxylation sites is 1. The molecule has 1 aliphatic rings. The van der Waals surface area contributed by atoms with Gasteiger partial charge in [0.05, 0.1) is 10.6 Å². The van der Waals surface area contributed by atoms with Crippen molar-refractivity contribution in [3.05, 3.63) is 70.4 Å². The number of nitro groups is 1. The van der Waals surface area contributed by atoms with E-state index in [9.17, 15) is 19.7 Å². The number of esters is 1. The van der Waals surface area contributed by atoms with Gasteiger partial charge in [0.1, 0.15) is 17.4 Å².